The monoisotopic (exact) mass is 340 g/mol. The molecule has 0 aromatic heterocycles. The molecule has 0 aliphatic carbocycles. The van der Waals surface area contributed by atoms with Gasteiger partial charge < -0.3 is 0 Å². The molecule has 2 aromatic rings. The normalized spacial score (nSPS) is 12.0. The molecule has 7 heteroatoms. The van der Waals surface area contributed by atoms with Crippen LogP contribution < -0.4 is 0 Å². The van der Waals surface area contributed by atoms with Crippen LogP contribution in [0.1, 0.15) is 17.6 Å². The van der Waals surface area contributed by atoms with Gasteiger partial charge in [0.05, 0.1) is 5.56 Å². The van der Waals surface area contributed by atoms with E-state index in [4.69, 9.17) is 23.2 Å². The van der Waals surface area contributed by atoms with E-state index in [1.165, 1.54) is 24.3 Å². The van der Waals surface area contributed by atoms with Crippen LogP contribution in [0.25, 0.3) is 11.1 Å². The van der Waals surface area contributed by atoms with Crippen LogP contribution in [0.3, 0.4) is 0 Å². The Labute approximate surface area is 127 Å². The molecule has 0 saturated heterocycles. The first-order valence-electron chi connectivity index (χ1n) is 5.64. The maximum atomic E-state index is 12.9. The zero-order valence-electron chi connectivity index (χ0n) is 10.2. The topological polar surface area (TPSA) is 0 Å². The van der Waals surface area contributed by atoms with E-state index < -0.39 is 23.7 Å². The molecule has 0 fully saturated rings. The van der Waals surface area contributed by atoms with Gasteiger partial charge in [-0.15, -0.1) is 0 Å². The minimum Gasteiger partial charge on any atom is -0.205 e. The second-order valence-electron chi connectivity index (χ2n) is 4.26. The highest BCUT2D eigenvalue weighted by Crippen LogP contribution is 2.39. The summed E-state index contributed by atoms with van der Waals surface area (Å²) in [4.78, 5) is 0. The van der Waals surface area contributed by atoms with Crippen molar-refractivity contribution in [2.75, 3.05) is 0 Å². The van der Waals surface area contributed by atoms with Crippen molar-refractivity contribution in [2.24, 2.45) is 0 Å². The second kappa shape index (κ2) is 5.81. The van der Waals surface area contributed by atoms with Gasteiger partial charge in [0.15, 0.2) is 0 Å². The predicted molar refractivity (Wildman–Crippen MR) is 71.9 cm³/mol. The second-order valence-corrected chi connectivity index (χ2v) is 5.13. The van der Waals surface area contributed by atoms with E-state index in [1.807, 2.05) is 0 Å². The molecule has 2 aromatic carbocycles. The molecule has 21 heavy (non-hydrogen) atoms. The Morgan fingerprint density at radius 2 is 1.38 bits per heavy atom. The molecule has 0 saturated carbocycles. The smallest absolute Gasteiger partial charge is 0.205 e. The summed E-state index contributed by atoms with van der Waals surface area (Å²) in [5.41, 5.74) is -2.00. The number of benzene rings is 2. The zero-order chi connectivity index (χ0) is 15.8. The van der Waals surface area contributed by atoms with Gasteiger partial charge in [0.25, 0.3) is 6.43 Å². The average molecular weight is 341 g/mol. The molecule has 0 amide bonds. The lowest BCUT2D eigenvalue weighted by Crippen LogP contribution is -2.09. The van der Waals surface area contributed by atoms with Crippen LogP contribution in [-0.2, 0) is 6.18 Å². The van der Waals surface area contributed by atoms with Gasteiger partial charge >= 0.3 is 6.18 Å². The summed E-state index contributed by atoms with van der Waals surface area (Å²) in [6.45, 7) is 0. The van der Waals surface area contributed by atoms with Crippen molar-refractivity contribution >= 4 is 23.2 Å². The van der Waals surface area contributed by atoms with Crippen molar-refractivity contribution in [3.05, 3.63) is 57.6 Å². The van der Waals surface area contributed by atoms with Crippen LogP contribution in [0.15, 0.2) is 36.4 Å². The van der Waals surface area contributed by atoms with Crippen LogP contribution in [-0.4, -0.2) is 0 Å². The van der Waals surface area contributed by atoms with Crippen LogP contribution in [0, 0.1) is 0 Å². The Morgan fingerprint density at radius 1 is 0.810 bits per heavy atom. The Kier molecular flexibility index (Phi) is 4.44. The molecule has 0 nitrogen and oxygen atoms in total. The highest BCUT2D eigenvalue weighted by molar-refractivity contribution is 6.35. The van der Waals surface area contributed by atoms with Crippen molar-refractivity contribution in [3.63, 3.8) is 0 Å². The molecule has 0 N–H and O–H groups in total. The molecule has 0 spiro atoms. The quantitative estimate of drug-likeness (QED) is 0.539. The van der Waals surface area contributed by atoms with Gasteiger partial charge in [-0.1, -0.05) is 35.3 Å². The molecule has 0 bridgehead atoms. The molecule has 2 rings (SSSR count). The lowest BCUT2D eigenvalue weighted by molar-refractivity contribution is -0.139. The van der Waals surface area contributed by atoms with E-state index >= 15 is 0 Å². The first kappa shape index (κ1) is 16.0. The van der Waals surface area contributed by atoms with Crippen molar-refractivity contribution in [3.8, 4) is 11.1 Å². The lowest BCUT2D eigenvalue weighted by atomic mass is 9.99. The van der Waals surface area contributed by atoms with Gasteiger partial charge in [0.2, 0.25) is 0 Å². The van der Waals surface area contributed by atoms with Crippen LogP contribution in [0.4, 0.5) is 22.0 Å². The summed E-state index contributed by atoms with van der Waals surface area (Å²) in [6, 6.07) is 6.85. The number of rotatable bonds is 2. The first-order chi connectivity index (χ1) is 9.68. The fourth-order valence-corrected chi connectivity index (χ4v) is 2.42. The van der Waals surface area contributed by atoms with Gasteiger partial charge in [-0.05, 0) is 35.4 Å². The molecule has 112 valence electrons. The molecular weight excluding hydrogens is 334 g/mol. The third-order valence-corrected chi connectivity index (χ3v) is 3.23. The molecule has 0 aliphatic rings. The molecule has 0 heterocycles. The summed E-state index contributed by atoms with van der Waals surface area (Å²) in [5, 5.41) is 0.480. The SMILES string of the molecule is FC(F)c1ccc(-c2cc(Cl)cc(Cl)c2)cc1C(F)(F)F. The summed E-state index contributed by atoms with van der Waals surface area (Å²) < 4.78 is 64.0. The summed E-state index contributed by atoms with van der Waals surface area (Å²) in [6.07, 6.45) is -8.08. The summed E-state index contributed by atoms with van der Waals surface area (Å²) in [7, 11) is 0. The molecule has 0 aliphatic heterocycles. The van der Waals surface area contributed by atoms with Gasteiger partial charge in [0.1, 0.15) is 0 Å². The van der Waals surface area contributed by atoms with Crippen LogP contribution >= 0.6 is 23.2 Å². The van der Waals surface area contributed by atoms with Crippen LogP contribution in [0.5, 0.6) is 0 Å². The van der Waals surface area contributed by atoms with Gasteiger partial charge in [-0.2, -0.15) is 13.2 Å². The fraction of sp³-hybridized carbons (Fsp3) is 0.143. The summed E-state index contributed by atoms with van der Waals surface area (Å²) >= 11 is 11.6. The number of hydrogen-bond acceptors (Lipinski definition) is 0. The molecule has 0 unspecified atom stereocenters. The number of alkyl halides is 5. The minimum atomic E-state index is -4.87. The third kappa shape index (κ3) is 3.66. The Bertz CT molecular complexity index is 645. The Hall–Kier alpha value is -1.33. The zero-order valence-corrected chi connectivity index (χ0v) is 11.7. The molecule has 0 radical (unpaired) electrons. The van der Waals surface area contributed by atoms with Crippen molar-refractivity contribution in [1.82, 2.24) is 0 Å². The maximum Gasteiger partial charge on any atom is 0.416 e. The van der Waals surface area contributed by atoms with Crippen molar-refractivity contribution in [1.29, 1.82) is 0 Å². The Morgan fingerprint density at radius 3 is 1.86 bits per heavy atom. The van der Waals surface area contributed by atoms with E-state index in [2.05, 4.69) is 0 Å². The lowest BCUT2D eigenvalue weighted by Gasteiger charge is -2.14. The number of hydrogen-bond donors (Lipinski definition) is 0. The van der Waals surface area contributed by atoms with E-state index in [0.717, 1.165) is 6.07 Å². The highest BCUT2D eigenvalue weighted by Gasteiger charge is 2.35. The van der Waals surface area contributed by atoms with Crippen molar-refractivity contribution < 1.29 is 22.0 Å². The largest absolute Gasteiger partial charge is 0.416 e. The van der Waals surface area contributed by atoms with Gasteiger partial charge in [0, 0.05) is 15.6 Å². The van der Waals surface area contributed by atoms with E-state index in [9.17, 15) is 22.0 Å². The molecule has 0 atom stereocenters. The highest BCUT2D eigenvalue weighted by atomic mass is 35.5. The van der Waals surface area contributed by atoms with Gasteiger partial charge in [-0.25, -0.2) is 8.78 Å². The van der Waals surface area contributed by atoms with Crippen LogP contribution in [0.2, 0.25) is 10.0 Å². The van der Waals surface area contributed by atoms with E-state index in [0.29, 0.717) is 11.6 Å². The molecular formula is C14H7Cl2F5. The Balaban J connectivity index is 2.61. The third-order valence-electron chi connectivity index (χ3n) is 2.79. The standard InChI is InChI=1S/C14H7Cl2F5/c15-9-3-8(4-10(16)6-9)7-1-2-11(13(17)18)12(5-7)14(19,20)21/h1-6,13H. The maximum absolute atomic E-state index is 12.9. The van der Waals surface area contributed by atoms with E-state index in [1.54, 1.807) is 0 Å². The summed E-state index contributed by atoms with van der Waals surface area (Å²) in [5.74, 6) is 0. The first-order valence-corrected chi connectivity index (χ1v) is 6.40. The average Bonchev–Trinajstić information content (AvgIpc) is 2.35. The predicted octanol–water partition coefficient (Wildman–Crippen LogP) is 6.62. The van der Waals surface area contributed by atoms with Crippen molar-refractivity contribution in [2.45, 2.75) is 12.6 Å². The number of halogens is 7. The van der Waals surface area contributed by atoms with Gasteiger partial charge in [-0.3, -0.25) is 0 Å². The fourth-order valence-electron chi connectivity index (χ4n) is 1.89. The minimum absolute atomic E-state index is 0.108. The van der Waals surface area contributed by atoms with E-state index in [-0.39, 0.29) is 15.6 Å².